The molecule has 1 rings (SSSR count). The predicted octanol–water partition coefficient (Wildman–Crippen LogP) is -0.0867. The van der Waals surface area contributed by atoms with Crippen LogP contribution in [-0.4, -0.2) is 32.3 Å². The highest BCUT2D eigenvalue weighted by Crippen LogP contribution is 2.28. The van der Waals surface area contributed by atoms with Crippen LogP contribution in [-0.2, 0) is 14.3 Å². The first-order valence-corrected chi connectivity index (χ1v) is 4.15. The Balaban J connectivity index is 2.00. The van der Waals surface area contributed by atoms with Gasteiger partial charge in [0.25, 0.3) is 0 Å². The van der Waals surface area contributed by atoms with Gasteiger partial charge in [-0.15, -0.1) is 0 Å². The van der Waals surface area contributed by atoms with E-state index in [-0.39, 0.29) is 6.61 Å². The second kappa shape index (κ2) is 4.42. The van der Waals surface area contributed by atoms with Crippen LogP contribution in [0.5, 0.6) is 0 Å². The van der Waals surface area contributed by atoms with E-state index in [1.54, 1.807) is 0 Å². The molecular formula is C8H15NO3. The molecule has 0 aromatic carbocycles. The third kappa shape index (κ3) is 3.19. The molecule has 0 saturated heterocycles. The minimum Gasteiger partial charge on any atom is -0.468 e. The molecule has 12 heavy (non-hydrogen) atoms. The molecule has 0 amide bonds. The van der Waals surface area contributed by atoms with Gasteiger partial charge in [0.1, 0.15) is 6.04 Å². The van der Waals surface area contributed by atoms with E-state index in [4.69, 9.17) is 10.5 Å². The average molecular weight is 173 g/mol. The van der Waals surface area contributed by atoms with Crippen LogP contribution in [0.25, 0.3) is 0 Å². The zero-order valence-electron chi connectivity index (χ0n) is 7.29. The summed E-state index contributed by atoms with van der Waals surface area (Å²) >= 11 is 0. The van der Waals surface area contributed by atoms with Crippen molar-refractivity contribution in [1.82, 2.24) is 0 Å². The van der Waals surface area contributed by atoms with E-state index < -0.39 is 12.0 Å². The summed E-state index contributed by atoms with van der Waals surface area (Å²) < 4.78 is 9.66. The molecule has 1 aliphatic rings. The molecule has 0 heterocycles. The highest BCUT2D eigenvalue weighted by Gasteiger charge is 2.22. The second-order valence-electron chi connectivity index (χ2n) is 3.11. The number of hydrogen-bond acceptors (Lipinski definition) is 4. The van der Waals surface area contributed by atoms with Crippen molar-refractivity contribution < 1.29 is 14.3 Å². The summed E-state index contributed by atoms with van der Waals surface area (Å²) in [5, 5.41) is 0. The largest absolute Gasteiger partial charge is 0.468 e. The van der Waals surface area contributed by atoms with Gasteiger partial charge in [-0.1, -0.05) is 0 Å². The number of carbonyl (C=O) groups is 1. The summed E-state index contributed by atoms with van der Waals surface area (Å²) in [5.74, 6) is 0.292. The molecule has 1 atom stereocenters. The first-order chi connectivity index (χ1) is 5.74. The summed E-state index contributed by atoms with van der Waals surface area (Å²) in [4.78, 5) is 10.8. The van der Waals surface area contributed by atoms with Gasteiger partial charge in [-0.05, 0) is 18.8 Å². The monoisotopic (exact) mass is 173 g/mol. The number of hydrogen-bond donors (Lipinski definition) is 1. The molecule has 2 N–H and O–H groups in total. The molecule has 4 nitrogen and oxygen atoms in total. The Kier molecular flexibility index (Phi) is 3.49. The molecule has 0 aromatic rings. The van der Waals surface area contributed by atoms with Gasteiger partial charge >= 0.3 is 5.97 Å². The highest BCUT2D eigenvalue weighted by molar-refractivity contribution is 5.75. The Morgan fingerprint density at radius 3 is 2.83 bits per heavy atom. The lowest BCUT2D eigenvalue weighted by atomic mass is 10.3. The van der Waals surface area contributed by atoms with Gasteiger partial charge in [-0.3, -0.25) is 4.79 Å². The number of ether oxygens (including phenoxy) is 2. The summed E-state index contributed by atoms with van der Waals surface area (Å²) in [5.41, 5.74) is 5.43. The van der Waals surface area contributed by atoms with Crippen molar-refractivity contribution in [1.29, 1.82) is 0 Å². The first kappa shape index (κ1) is 9.48. The number of esters is 1. The fraction of sp³-hybridized carbons (Fsp3) is 0.875. The van der Waals surface area contributed by atoms with Gasteiger partial charge in [0.2, 0.25) is 0 Å². The zero-order valence-corrected chi connectivity index (χ0v) is 7.29. The highest BCUT2D eigenvalue weighted by atomic mass is 16.5. The molecular weight excluding hydrogens is 158 g/mol. The minimum atomic E-state index is -0.631. The van der Waals surface area contributed by atoms with Crippen LogP contribution in [0.2, 0.25) is 0 Å². The Bertz CT molecular complexity index is 156. The molecule has 0 bridgehead atoms. The summed E-state index contributed by atoms with van der Waals surface area (Å²) in [6.07, 6.45) is 2.49. The fourth-order valence-electron chi connectivity index (χ4n) is 0.866. The lowest BCUT2D eigenvalue weighted by Crippen LogP contribution is -2.36. The van der Waals surface area contributed by atoms with Crippen LogP contribution in [0.1, 0.15) is 12.8 Å². The molecule has 0 radical (unpaired) electrons. The van der Waals surface area contributed by atoms with Crippen molar-refractivity contribution in [3.05, 3.63) is 0 Å². The van der Waals surface area contributed by atoms with Crippen molar-refractivity contribution in [3.8, 4) is 0 Å². The van der Waals surface area contributed by atoms with Crippen LogP contribution in [0.15, 0.2) is 0 Å². The van der Waals surface area contributed by atoms with E-state index in [2.05, 4.69) is 4.74 Å². The molecule has 70 valence electrons. The quantitative estimate of drug-likeness (QED) is 0.590. The van der Waals surface area contributed by atoms with E-state index in [1.165, 1.54) is 20.0 Å². The van der Waals surface area contributed by atoms with E-state index in [9.17, 15) is 4.79 Å². The maximum Gasteiger partial charge on any atom is 0.325 e. The Labute approximate surface area is 72.0 Å². The maximum atomic E-state index is 10.8. The third-order valence-electron chi connectivity index (χ3n) is 1.85. The zero-order chi connectivity index (χ0) is 8.97. The molecule has 0 spiro atoms. The topological polar surface area (TPSA) is 61.5 Å². The number of nitrogens with two attached hydrogens (primary N) is 1. The van der Waals surface area contributed by atoms with Gasteiger partial charge in [-0.25, -0.2) is 0 Å². The predicted molar refractivity (Wildman–Crippen MR) is 43.5 cm³/mol. The summed E-state index contributed by atoms with van der Waals surface area (Å²) in [7, 11) is 1.32. The van der Waals surface area contributed by atoms with Crippen LogP contribution >= 0.6 is 0 Å². The van der Waals surface area contributed by atoms with Crippen molar-refractivity contribution >= 4 is 5.97 Å². The smallest absolute Gasteiger partial charge is 0.325 e. The molecule has 1 fully saturated rings. The molecule has 0 aliphatic heterocycles. The van der Waals surface area contributed by atoms with Crippen molar-refractivity contribution in [3.63, 3.8) is 0 Å². The van der Waals surface area contributed by atoms with Gasteiger partial charge in [0.05, 0.1) is 13.7 Å². The van der Waals surface area contributed by atoms with E-state index >= 15 is 0 Å². The van der Waals surface area contributed by atoms with Gasteiger partial charge in [-0.2, -0.15) is 0 Å². The summed E-state index contributed by atoms with van der Waals surface area (Å²) in [6, 6.07) is -0.631. The normalized spacial score (nSPS) is 18.8. The SMILES string of the molecule is COC(=O)[C@@H](N)COCC1CC1. The molecule has 4 heteroatoms. The van der Waals surface area contributed by atoms with Crippen molar-refractivity contribution in [2.75, 3.05) is 20.3 Å². The standard InChI is InChI=1S/C8H15NO3/c1-11-8(10)7(9)5-12-4-6-2-3-6/h6-7H,2-5,9H2,1H3/t7-/m0/s1. The van der Waals surface area contributed by atoms with Crippen molar-refractivity contribution in [2.24, 2.45) is 11.7 Å². The third-order valence-corrected chi connectivity index (χ3v) is 1.85. The molecule has 0 aromatic heterocycles. The minimum absolute atomic E-state index is 0.267. The van der Waals surface area contributed by atoms with Crippen LogP contribution in [0.3, 0.4) is 0 Å². The first-order valence-electron chi connectivity index (χ1n) is 4.15. The lowest BCUT2D eigenvalue weighted by molar-refractivity contribution is -0.143. The van der Waals surface area contributed by atoms with Crippen LogP contribution < -0.4 is 5.73 Å². The van der Waals surface area contributed by atoms with E-state index in [0.29, 0.717) is 5.92 Å². The van der Waals surface area contributed by atoms with Crippen molar-refractivity contribution in [2.45, 2.75) is 18.9 Å². The van der Waals surface area contributed by atoms with Crippen LogP contribution in [0, 0.1) is 5.92 Å². The summed E-state index contributed by atoms with van der Waals surface area (Å²) in [6.45, 7) is 0.994. The lowest BCUT2D eigenvalue weighted by Gasteiger charge is -2.08. The number of carbonyl (C=O) groups excluding carboxylic acids is 1. The maximum absolute atomic E-state index is 10.8. The Morgan fingerprint density at radius 2 is 2.33 bits per heavy atom. The fourth-order valence-corrected chi connectivity index (χ4v) is 0.866. The van der Waals surface area contributed by atoms with Crippen LogP contribution in [0.4, 0.5) is 0 Å². The van der Waals surface area contributed by atoms with Gasteiger partial charge in [0, 0.05) is 6.61 Å². The Morgan fingerprint density at radius 1 is 1.67 bits per heavy atom. The van der Waals surface area contributed by atoms with E-state index in [0.717, 1.165) is 6.61 Å². The van der Waals surface area contributed by atoms with E-state index in [1.807, 2.05) is 0 Å². The average Bonchev–Trinajstić information content (AvgIpc) is 2.86. The van der Waals surface area contributed by atoms with Gasteiger partial charge < -0.3 is 15.2 Å². The molecule has 1 aliphatic carbocycles. The molecule has 1 saturated carbocycles. The Hall–Kier alpha value is -0.610. The second-order valence-corrected chi connectivity index (χ2v) is 3.11. The van der Waals surface area contributed by atoms with Gasteiger partial charge in [0.15, 0.2) is 0 Å². The number of methoxy groups -OCH3 is 1. The molecule has 0 unspecified atom stereocenters. The number of rotatable bonds is 5.